The Kier molecular flexibility index (Phi) is 3.66. The van der Waals surface area contributed by atoms with Gasteiger partial charge in [0.25, 0.3) is 0 Å². The van der Waals surface area contributed by atoms with Crippen LogP contribution in [-0.4, -0.2) is 19.0 Å². The van der Waals surface area contributed by atoms with Gasteiger partial charge in [-0.05, 0) is 43.5 Å². The molecule has 0 atom stereocenters. The van der Waals surface area contributed by atoms with Crippen molar-refractivity contribution in [2.75, 3.05) is 13.1 Å². The van der Waals surface area contributed by atoms with Crippen LogP contribution >= 0.6 is 0 Å². The van der Waals surface area contributed by atoms with Gasteiger partial charge in [0.2, 0.25) is 0 Å². The van der Waals surface area contributed by atoms with Crippen LogP contribution in [0.5, 0.6) is 0 Å². The number of carbonyl (C=O) groups is 1. The van der Waals surface area contributed by atoms with Gasteiger partial charge in [0.1, 0.15) is 5.69 Å². The maximum Gasteiger partial charge on any atom is 0.350 e. The van der Waals surface area contributed by atoms with Gasteiger partial charge >= 0.3 is 5.91 Å². The van der Waals surface area contributed by atoms with Crippen molar-refractivity contribution in [3.8, 4) is 0 Å². The Bertz CT molecular complexity index is 571. The Balaban J connectivity index is 2.05. The van der Waals surface area contributed by atoms with Crippen molar-refractivity contribution < 1.29 is 4.79 Å². The summed E-state index contributed by atoms with van der Waals surface area (Å²) in [5.41, 5.74) is 1.94. The Morgan fingerprint density at radius 2 is 1.30 bits per heavy atom. The monoisotopic (exact) mass is 266 g/mol. The summed E-state index contributed by atoms with van der Waals surface area (Å²) in [6.07, 6.45) is 3.47. The fourth-order valence-electron chi connectivity index (χ4n) is 3.17. The number of hydrogen-bond donors (Lipinski definition) is 0. The molecule has 102 valence electrons. The standard InChI is InChI=1S/C18H20NO/c20-18(16-10-4-1-5-11-16)19(14-8-3-9-15-19)17-12-6-2-7-13-17/h1-2,4-7,10-13H,3,8-9,14-15H2/q+1. The second-order valence-corrected chi connectivity index (χ2v) is 5.48. The molecule has 3 rings (SSSR count). The first kappa shape index (κ1) is 13.1. The lowest BCUT2D eigenvalue weighted by atomic mass is 10.0. The number of hydrogen-bond acceptors (Lipinski definition) is 1. The minimum Gasteiger partial charge on any atom is -0.225 e. The normalized spacial score (nSPS) is 17.6. The van der Waals surface area contributed by atoms with E-state index in [-0.39, 0.29) is 5.91 Å². The molecule has 1 heterocycles. The highest BCUT2D eigenvalue weighted by molar-refractivity contribution is 6.02. The van der Waals surface area contributed by atoms with Gasteiger partial charge in [0.15, 0.2) is 0 Å². The van der Waals surface area contributed by atoms with E-state index in [1.807, 2.05) is 48.5 Å². The second-order valence-electron chi connectivity index (χ2n) is 5.48. The number of piperidine rings is 1. The quantitative estimate of drug-likeness (QED) is 0.750. The highest BCUT2D eigenvalue weighted by atomic mass is 16.2. The molecule has 2 aromatic rings. The van der Waals surface area contributed by atoms with E-state index in [0.29, 0.717) is 4.48 Å². The molecule has 1 fully saturated rings. The lowest BCUT2D eigenvalue weighted by Crippen LogP contribution is -2.57. The Morgan fingerprint density at radius 1 is 0.750 bits per heavy atom. The van der Waals surface area contributed by atoms with Crippen LogP contribution in [-0.2, 0) is 0 Å². The summed E-state index contributed by atoms with van der Waals surface area (Å²) in [6, 6.07) is 20.0. The van der Waals surface area contributed by atoms with Crippen LogP contribution in [0.2, 0.25) is 0 Å². The first-order valence-corrected chi connectivity index (χ1v) is 7.36. The second kappa shape index (κ2) is 5.59. The van der Waals surface area contributed by atoms with Crippen LogP contribution in [0.4, 0.5) is 5.69 Å². The summed E-state index contributed by atoms with van der Waals surface area (Å²) in [6.45, 7) is 1.83. The maximum absolute atomic E-state index is 13.1. The average molecular weight is 266 g/mol. The number of likely N-dealkylation sites (tertiary alicyclic amines) is 1. The Labute approximate surface area is 120 Å². The summed E-state index contributed by atoms with van der Waals surface area (Å²) < 4.78 is 0.477. The zero-order chi connectivity index (χ0) is 13.8. The summed E-state index contributed by atoms with van der Waals surface area (Å²) in [7, 11) is 0. The van der Waals surface area contributed by atoms with E-state index in [9.17, 15) is 4.79 Å². The Hall–Kier alpha value is -1.93. The van der Waals surface area contributed by atoms with E-state index in [1.165, 1.54) is 6.42 Å². The molecule has 1 saturated heterocycles. The van der Waals surface area contributed by atoms with Gasteiger partial charge in [0.05, 0.1) is 18.7 Å². The minimum absolute atomic E-state index is 0.233. The molecule has 0 spiro atoms. The molecule has 2 nitrogen and oxygen atoms in total. The van der Waals surface area contributed by atoms with Crippen LogP contribution in [0.3, 0.4) is 0 Å². The molecule has 0 bridgehead atoms. The van der Waals surface area contributed by atoms with Gasteiger partial charge in [-0.2, -0.15) is 0 Å². The van der Waals surface area contributed by atoms with Gasteiger partial charge in [-0.25, -0.2) is 9.28 Å². The Morgan fingerprint density at radius 3 is 1.90 bits per heavy atom. The van der Waals surface area contributed by atoms with Crippen molar-refractivity contribution in [1.82, 2.24) is 4.48 Å². The zero-order valence-corrected chi connectivity index (χ0v) is 11.7. The summed E-state index contributed by atoms with van der Waals surface area (Å²) in [5.74, 6) is 0.233. The first-order chi connectivity index (χ1) is 9.83. The van der Waals surface area contributed by atoms with Gasteiger partial charge < -0.3 is 0 Å². The fraction of sp³-hybridized carbons (Fsp3) is 0.278. The molecule has 0 aromatic heterocycles. The first-order valence-electron chi connectivity index (χ1n) is 7.36. The average Bonchev–Trinajstić information content (AvgIpc) is 2.56. The highest BCUT2D eigenvalue weighted by Gasteiger charge is 2.40. The fourth-order valence-corrected chi connectivity index (χ4v) is 3.17. The van der Waals surface area contributed by atoms with Crippen LogP contribution in [0.25, 0.3) is 0 Å². The molecule has 0 unspecified atom stereocenters. The summed E-state index contributed by atoms with van der Waals surface area (Å²) in [4.78, 5) is 13.1. The van der Waals surface area contributed by atoms with Crippen molar-refractivity contribution in [1.29, 1.82) is 0 Å². The lowest BCUT2D eigenvalue weighted by molar-refractivity contribution is 0.0732. The molecule has 1 aliphatic heterocycles. The van der Waals surface area contributed by atoms with Crippen molar-refractivity contribution in [3.05, 3.63) is 66.2 Å². The number of quaternary nitrogens is 1. The third-order valence-electron chi connectivity index (χ3n) is 4.24. The smallest absolute Gasteiger partial charge is 0.225 e. The molecule has 0 aliphatic carbocycles. The largest absolute Gasteiger partial charge is 0.350 e. The van der Waals surface area contributed by atoms with Crippen molar-refractivity contribution in [2.24, 2.45) is 0 Å². The highest BCUT2D eigenvalue weighted by Crippen LogP contribution is 2.30. The van der Waals surface area contributed by atoms with Crippen LogP contribution in [0.15, 0.2) is 60.7 Å². The van der Waals surface area contributed by atoms with Gasteiger partial charge in [0, 0.05) is 0 Å². The van der Waals surface area contributed by atoms with Crippen molar-refractivity contribution in [3.63, 3.8) is 0 Å². The number of benzene rings is 2. The minimum atomic E-state index is 0.233. The van der Waals surface area contributed by atoms with E-state index in [2.05, 4.69) is 12.1 Å². The number of rotatable bonds is 2. The molecule has 2 aromatic carbocycles. The molecule has 20 heavy (non-hydrogen) atoms. The van der Waals surface area contributed by atoms with Crippen LogP contribution in [0.1, 0.15) is 29.6 Å². The predicted octanol–water partition coefficient (Wildman–Crippen LogP) is 4.02. The molecule has 0 radical (unpaired) electrons. The molecule has 0 N–H and O–H groups in total. The SMILES string of the molecule is O=C(c1ccccc1)[N+]1(c2ccccc2)CCCCC1. The van der Waals surface area contributed by atoms with Crippen molar-refractivity contribution in [2.45, 2.75) is 19.3 Å². The van der Waals surface area contributed by atoms with E-state index >= 15 is 0 Å². The molecule has 1 amide bonds. The number of amides is 1. The number of carbonyl (C=O) groups excluding carboxylic acids is 1. The van der Waals surface area contributed by atoms with Gasteiger partial charge in [-0.3, -0.25) is 0 Å². The summed E-state index contributed by atoms with van der Waals surface area (Å²) >= 11 is 0. The molecule has 1 aliphatic rings. The molecule has 0 saturated carbocycles. The topological polar surface area (TPSA) is 17.1 Å². The predicted molar refractivity (Wildman–Crippen MR) is 82.6 cm³/mol. The van der Waals surface area contributed by atoms with E-state index in [0.717, 1.165) is 37.2 Å². The third-order valence-corrected chi connectivity index (χ3v) is 4.24. The van der Waals surface area contributed by atoms with E-state index in [4.69, 9.17) is 0 Å². The van der Waals surface area contributed by atoms with Crippen LogP contribution in [0, 0.1) is 0 Å². The summed E-state index contributed by atoms with van der Waals surface area (Å²) in [5, 5.41) is 0. The maximum atomic E-state index is 13.1. The number of nitrogens with zero attached hydrogens (tertiary/aromatic N) is 1. The van der Waals surface area contributed by atoms with Crippen molar-refractivity contribution >= 4 is 11.6 Å². The number of para-hydroxylation sites is 1. The van der Waals surface area contributed by atoms with E-state index < -0.39 is 0 Å². The van der Waals surface area contributed by atoms with Crippen LogP contribution < -0.4 is 4.48 Å². The van der Waals surface area contributed by atoms with Gasteiger partial charge in [-0.15, -0.1) is 0 Å². The molecule has 2 heteroatoms. The molecular weight excluding hydrogens is 246 g/mol. The molecular formula is C18H20NO+. The van der Waals surface area contributed by atoms with E-state index in [1.54, 1.807) is 0 Å². The van der Waals surface area contributed by atoms with Gasteiger partial charge in [-0.1, -0.05) is 36.4 Å². The zero-order valence-electron chi connectivity index (χ0n) is 11.7. The lowest BCUT2D eigenvalue weighted by Gasteiger charge is -2.38. The third kappa shape index (κ3) is 2.27.